The average Bonchev–Trinajstić information content (AvgIpc) is 3.37. The highest BCUT2D eigenvalue weighted by Crippen LogP contribution is 2.23. The van der Waals surface area contributed by atoms with E-state index in [0.717, 1.165) is 11.4 Å². The van der Waals surface area contributed by atoms with E-state index in [1.54, 1.807) is 10.9 Å². The lowest BCUT2D eigenvalue weighted by Gasteiger charge is -2.12. The van der Waals surface area contributed by atoms with Crippen LogP contribution in [0.15, 0.2) is 49.1 Å². The molecule has 4 aromatic rings. The molecule has 0 radical (unpaired) electrons. The first-order valence-corrected chi connectivity index (χ1v) is 8.63. The Kier molecular flexibility index (Phi) is 4.67. The Morgan fingerprint density at radius 2 is 2.07 bits per heavy atom. The fourth-order valence-corrected chi connectivity index (χ4v) is 2.77. The Bertz CT molecular complexity index is 1110. The van der Waals surface area contributed by atoms with Crippen LogP contribution in [-0.2, 0) is 16.1 Å². The fraction of sp³-hybridized carbons (Fsp3) is 0.222. The highest BCUT2D eigenvalue weighted by molar-refractivity contribution is 5.87. The number of benzene rings is 1. The summed E-state index contributed by atoms with van der Waals surface area (Å²) >= 11 is 0. The Hall–Kier alpha value is -3.82. The van der Waals surface area contributed by atoms with Crippen molar-refractivity contribution >= 4 is 22.8 Å². The lowest BCUT2D eigenvalue weighted by Crippen LogP contribution is -2.13. The predicted octanol–water partition coefficient (Wildman–Crippen LogP) is 1.75. The topological polar surface area (TPSA) is 113 Å². The zero-order valence-corrected chi connectivity index (χ0v) is 15.4. The highest BCUT2D eigenvalue weighted by Gasteiger charge is 2.16. The number of carbonyl (C=O) groups is 1. The van der Waals surface area contributed by atoms with Gasteiger partial charge in [0, 0.05) is 0 Å². The molecule has 1 N–H and O–H groups in total. The van der Waals surface area contributed by atoms with Crippen molar-refractivity contribution in [3.8, 4) is 5.69 Å². The third-order valence-corrected chi connectivity index (χ3v) is 4.27. The van der Waals surface area contributed by atoms with Gasteiger partial charge in [0.2, 0.25) is 0 Å². The maximum Gasteiger partial charge on any atom is 0.327 e. The molecule has 1 aromatic carbocycles. The number of ether oxygens (including phenoxy) is 1. The molecule has 142 valence electrons. The number of anilines is 1. The van der Waals surface area contributed by atoms with Gasteiger partial charge < -0.3 is 10.1 Å². The van der Waals surface area contributed by atoms with Gasteiger partial charge in [0.25, 0.3) is 0 Å². The predicted molar refractivity (Wildman–Crippen MR) is 101 cm³/mol. The molecule has 0 amide bonds. The van der Waals surface area contributed by atoms with Crippen LogP contribution in [0.4, 0.5) is 5.82 Å². The summed E-state index contributed by atoms with van der Waals surface area (Å²) in [7, 11) is 1.33. The van der Waals surface area contributed by atoms with Crippen LogP contribution >= 0.6 is 0 Å². The largest absolute Gasteiger partial charge is 0.468 e. The summed E-state index contributed by atoms with van der Waals surface area (Å²) in [5, 5.41) is 16.7. The second kappa shape index (κ2) is 7.43. The van der Waals surface area contributed by atoms with E-state index in [4.69, 9.17) is 0 Å². The van der Waals surface area contributed by atoms with Crippen LogP contribution in [-0.4, -0.2) is 47.8 Å². The van der Waals surface area contributed by atoms with Crippen molar-refractivity contribution in [2.75, 3.05) is 12.4 Å². The van der Waals surface area contributed by atoms with Crippen molar-refractivity contribution in [3.05, 3.63) is 54.7 Å². The van der Waals surface area contributed by atoms with Gasteiger partial charge in [-0.2, -0.15) is 5.10 Å². The number of methoxy groups -OCH3 is 1. The number of nitrogens with one attached hydrogen (secondary N) is 1. The van der Waals surface area contributed by atoms with Gasteiger partial charge >= 0.3 is 5.97 Å². The lowest BCUT2D eigenvalue weighted by atomic mass is 10.2. The van der Waals surface area contributed by atoms with Gasteiger partial charge in [-0.05, 0) is 19.1 Å². The van der Waals surface area contributed by atoms with Gasteiger partial charge in [-0.3, -0.25) is 4.79 Å². The van der Waals surface area contributed by atoms with Crippen LogP contribution in [0.2, 0.25) is 0 Å². The van der Waals surface area contributed by atoms with E-state index in [1.165, 1.54) is 18.1 Å². The van der Waals surface area contributed by atoms with Gasteiger partial charge in [-0.15, -0.1) is 5.10 Å². The summed E-state index contributed by atoms with van der Waals surface area (Å²) in [6, 6.07) is 9.61. The molecule has 10 heteroatoms. The van der Waals surface area contributed by atoms with Crippen LogP contribution in [0, 0.1) is 0 Å². The Labute approximate surface area is 160 Å². The van der Waals surface area contributed by atoms with Crippen LogP contribution in [0.3, 0.4) is 0 Å². The van der Waals surface area contributed by atoms with Gasteiger partial charge in [0.1, 0.15) is 24.4 Å². The molecule has 0 saturated carbocycles. The number of nitrogens with zero attached hydrogens (tertiary/aromatic N) is 7. The van der Waals surface area contributed by atoms with Crippen molar-refractivity contribution in [3.63, 3.8) is 0 Å². The third kappa shape index (κ3) is 3.39. The average molecular weight is 378 g/mol. The highest BCUT2D eigenvalue weighted by atomic mass is 16.5. The first kappa shape index (κ1) is 17.6. The van der Waals surface area contributed by atoms with E-state index in [-0.39, 0.29) is 12.6 Å². The Balaban J connectivity index is 1.57. The minimum absolute atomic E-state index is 0.0165. The molecule has 1 atom stereocenters. The first-order valence-electron chi connectivity index (χ1n) is 8.63. The molecule has 28 heavy (non-hydrogen) atoms. The number of hydrogen-bond acceptors (Lipinski definition) is 8. The molecule has 1 unspecified atom stereocenters. The zero-order chi connectivity index (χ0) is 19.5. The molecule has 0 aliphatic carbocycles. The lowest BCUT2D eigenvalue weighted by molar-refractivity contribution is -0.141. The SMILES string of the molecule is COC(=O)Cn1ncc2c(NC(C)c3cn(-c4ccccc4)nn3)ncnc21. The smallest absolute Gasteiger partial charge is 0.327 e. The standard InChI is InChI=1S/C18H18N8O2/c1-12(15-9-25(24-23-15)13-6-4-3-5-7-13)22-17-14-8-21-26(10-16(27)28-2)18(14)20-11-19-17/h3-9,11-12H,10H2,1-2H3,(H,19,20,22). The van der Waals surface area contributed by atoms with Crippen molar-refractivity contribution in [2.45, 2.75) is 19.5 Å². The number of aromatic nitrogens is 7. The molecular formula is C18H18N8O2. The molecule has 3 heterocycles. The molecule has 0 bridgehead atoms. The maximum atomic E-state index is 11.5. The molecule has 0 aliphatic heterocycles. The number of carbonyl (C=O) groups excluding carboxylic acids is 1. The van der Waals surface area contributed by atoms with E-state index in [2.05, 4.69) is 35.4 Å². The van der Waals surface area contributed by atoms with Gasteiger partial charge in [0.15, 0.2) is 5.65 Å². The monoisotopic (exact) mass is 378 g/mol. The van der Waals surface area contributed by atoms with E-state index >= 15 is 0 Å². The van der Waals surface area contributed by atoms with Crippen LogP contribution in [0.1, 0.15) is 18.7 Å². The normalized spacial score (nSPS) is 12.1. The zero-order valence-electron chi connectivity index (χ0n) is 15.4. The van der Waals surface area contributed by atoms with Crippen molar-refractivity contribution in [1.29, 1.82) is 0 Å². The minimum Gasteiger partial charge on any atom is -0.468 e. The molecule has 0 aliphatic rings. The summed E-state index contributed by atoms with van der Waals surface area (Å²) in [5.74, 6) is 0.201. The molecule has 4 rings (SSSR count). The number of para-hydroxylation sites is 1. The summed E-state index contributed by atoms with van der Waals surface area (Å²) in [6.45, 7) is 1.95. The summed E-state index contributed by atoms with van der Waals surface area (Å²) in [5.41, 5.74) is 2.24. The molecular weight excluding hydrogens is 360 g/mol. The van der Waals surface area contributed by atoms with Crippen molar-refractivity contribution < 1.29 is 9.53 Å². The first-order chi connectivity index (χ1) is 13.7. The fourth-order valence-electron chi connectivity index (χ4n) is 2.77. The van der Waals surface area contributed by atoms with Crippen LogP contribution < -0.4 is 5.32 Å². The Morgan fingerprint density at radius 3 is 2.86 bits per heavy atom. The van der Waals surface area contributed by atoms with Crippen molar-refractivity contribution in [2.24, 2.45) is 0 Å². The quantitative estimate of drug-likeness (QED) is 0.505. The third-order valence-electron chi connectivity index (χ3n) is 4.27. The second-order valence-corrected chi connectivity index (χ2v) is 6.13. The van der Waals surface area contributed by atoms with Crippen molar-refractivity contribution in [1.82, 2.24) is 34.7 Å². The summed E-state index contributed by atoms with van der Waals surface area (Å²) < 4.78 is 7.88. The second-order valence-electron chi connectivity index (χ2n) is 6.13. The maximum absolute atomic E-state index is 11.5. The van der Waals surface area contributed by atoms with Crippen LogP contribution in [0.5, 0.6) is 0 Å². The molecule has 3 aromatic heterocycles. The molecule has 0 spiro atoms. The molecule has 0 fully saturated rings. The van der Waals surface area contributed by atoms with Gasteiger partial charge in [0.05, 0.1) is 36.6 Å². The van der Waals surface area contributed by atoms with Gasteiger partial charge in [-0.1, -0.05) is 23.4 Å². The minimum atomic E-state index is -0.399. The summed E-state index contributed by atoms with van der Waals surface area (Å²) in [6.07, 6.45) is 4.91. The number of rotatable bonds is 6. The number of fused-ring (bicyclic) bond motifs is 1. The molecule has 0 saturated heterocycles. The van der Waals surface area contributed by atoms with E-state index in [1.807, 2.05) is 43.5 Å². The Morgan fingerprint density at radius 1 is 1.25 bits per heavy atom. The number of hydrogen-bond donors (Lipinski definition) is 1. The van der Waals surface area contributed by atoms with E-state index < -0.39 is 5.97 Å². The van der Waals surface area contributed by atoms with E-state index in [0.29, 0.717) is 16.9 Å². The molecule has 10 nitrogen and oxygen atoms in total. The van der Waals surface area contributed by atoms with Crippen LogP contribution in [0.25, 0.3) is 16.7 Å². The van der Waals surface area contributed by atoms with Gasteiger partial charge in [-0.25, -0.2) is 19.3 Å². The van der Waals surface area contributed by atoms with E-state index in [9.17, 15) is 4.79 Å². The number of esters is 1. The summed E-state index contributed by atoms with van der Waals surface area (Å²) in [4.78, 5) is 20.1.